The minimum atomic E-state index is -0.117. The summed E-state index contributed by atoms with van der Waals surface area (Å²) in [6.07, 6.45) is 3.11. The van der Waals surface area contributed by atoms with Gasteiger partial charge in [-0.1, -0.05) is 26.0 Å². The van der Waals surface area contributed by atoms with Crippen molar-refractivity contribution in [2.45, 2.75) is 19.8 Å². The molecule has 3 rings (SSSR count). The molecule has 0 radical (unpaired) electrons. The fourth-order valence-corrected chi connectivity index (χ4v) is 2.26. The van der Waals surface area contributed by atoms with Crippen molar-refractivity contribution in [1.82, 2.24) is 14.8 Å². The fraction of sp³-hybridized carbons (Fsp3) is 0.167. The van der Waals surface area contributed by atoms with Crippen LogP contribution in [0.4, 0.5) is 5.69 Å². The fourth-order valence-electron chi connectivity index (χ4n) is 2.26. The van der Waals surface area contributed by atoms with Crippen molar-refractivity contribution < 1.29 is 4.79 Å². The van der Waals surface area contributed by atoms with E-state index in [4.69, 9.17) is 0 Å². The second kappa shape index (κ2) is 6.44. The van der Waals surface area contributed by atoms with E-state index in [2.05, 4.69) is 29.2 Å². The molecule has 1 heterocycles. The van der Waals surface area contributed by atoms with Gasteiger partial charge in [-0.2, -0.15) is 5.10 Å². The molecule has 1 aromatic heterocycles. The molecule has 0 saturated carbocycles. The Kier molecular flexibility index (Phi) is 4.19. The topological polar surface area (TPSA) is 59.8 Å². The first-order valence-electron chi connectivity index (χ1n) is 7.50. The summed E-state index contributed by atoms with van der Waals surface area (Å²) in [5.41, 5.74) is 3.50. The molecule has 5 nitrogen and oxygen atoms in total. The van der Waals surface area contributed by atoms with Gasteiger partial charge in [-0.25, -0.2) is 9.67 Å². The van der Waals surface area contributed by atoms with Gasteiger partial charge < -0.3 is 5.32 Å². The third-order valence-corrected chi connectivity index (χ3v) is 3.65. The molecule has 2 aromatic carbocycles. The summed E-state index contributed by atoms with van der Waals surface area (Å²) in [6.45, 7) is 4.26. The molecule has 0 spiro atoms. The maximum Gasteiger partial charge on any atom is 0.255 e. The first-order chi connectivity index (χ1) is 11.1. The number of benzene rings is 2. The highest BCUT2D eigenvalue weighted by atomic mass is 16.1. The van der Waals surface area contributed by atoms with Crippen molar-refractivity contribution in [3.05, 3.63) is 72.3 Å². The van der Waals surface area contributed by atoms with Crippen molar-refractivity contribution in [2.24, 2.45) is 0 Å². The van der Waals surface area contributed by atoms with E-state index < -0.39 is 0 Å². The van der Waals surface area contributed by atoms with Crippen LogP contribution in [0.5, 0.6) is 0 Å². The minimum Gasteiger partial charge on any atom is -0.322 e. The van der Waals surface area contributed by atoms with Gasteiger partial charge in [-0.05, 0) is 47.9 Å². The predicted octanol–water partition coefficient (Wildman–Crippen LogP) is 3.64. The average molecular weight is 306 g/mol. The van der Waals surface area contributed by atoms with E-state index in [1.54, 1.807) is 11.0 Å². The van der Waals surface area contributed by atoms with Crippen LogP contribution in [0.15, 0.2) is 61.2 Å². The van der Waals surface area contributed by atoms with Gasteiger partial charge in [-0.3, -0.25) is 4.79 Å². The number of hydrogen-bond donors (Lipinski definition) is 1. The zero-order chi connectivity index (χ0) is 16.2. The third-order valence-electron chi connectivity index (χ3n) is 3.65. The van der Waals surface area contributed by atoms with Gasteiger partial charge in [0, 0.05) is 11.3 Å². The Hall–Kier alpha value is -2.95. The van der Waals surface area contributed by atoms with E-state index in [9.17, 15) is 4.79 Å². The van der Waals surface area contributed by atoms with Crippen LogP contribution >= 0.6 is 0 Å². The van der Waals surface area contributed by atoms with Gasteiger partial charge in [0.2, 0.25) is 0 Å². The Morgan fingerprint density at radius 2 is 1.74 bits per heavy atom. The molecule has 0 bridgehead atoms. The zero-order valence-electron chi connectivity index (χ0n) is 13.1. The normalized spacial score (nSPS) is 10.7. The van der Waals surface area contributed by atoms with E-state index in [-0.39, 0.29) is 5.91 Å². The summed E-state index contributed by atoms with van der Waals surface area (Å²) >= 11 is 0. The van der Waals surface area contributed by atoms with Crippen molar-refractivity contribution in [3.8, 4) is 5.69 Å². The Labute approximate surface area is 135 Å². The number of anilines is 1. The molecule has 0 aliphatic rings. The number of nitrogens with one attached hydrogen (secondary N) is 1. The minimum absolute atomic E-state index is 0.117. The summed E-state index contributed by atoms with van der Waals surface area (Å²) in [7, 11) is 0. The lowest BCUT2D eigenvalue weighted by molar-refractivity contribution is 0.102. The molecule has 116 valence electrons. The largest absolute Gasteiger partial charge is 0.322 e. The summed E-state index contributed by atoms with van der Waals surface area (Å²) in [6, 6.07) is 15.1. The van der Waals surface area contributed by atoms with Crippen LogP contribution in [-0.4, -0.2) is 20.7 Å². The highest BCUT2D eigenvalue weighted by Crippen LogP contribution is 2.17. The second-order valence-corrected chi connectivity index (χ2v) is 5.62. The molecule has 1 amide bonds. The van der Waals surface area contributed by atoms with Crippen LogP contribution in [0.1, 0.15) is 35.7 Å². The van der Waals surface area contributed by atoms with Crippen LogP contribution in [0.2, 0.25) is 0 Å². The van der Waals surface area contributed by atoms with Gasteiger partial charge >= 0.3 is 0 Å². The van der Waals surface area contributed by atoms with Gasteiger partial charge in [0.15, 0.2) is 0 Å². The van der Waals surface area contributed by atoms with Crippen LogP contribution in [0.25, 0.3) is 5.69 Å². The number of amides is 1. The average Bonchev–Trinajstić information content (AvgIpc) is 3.10. The number of rotatable bonds is 4. The van der Waals surface area contributed by atoms with E-state index in [1.165, 1.54) is 11.9 Å². The molecular formula is C18H18N4O. The summed E-state index contributed by atoms with van der Waals surface area (Å²) < 4.78 is 1.66. The van der Waals surface area contributed by atoms with Gasteiger partial charge in [-0.15, -0.1) is 0 Å². The van der Waals surface area contributed by atoms with Crippen molar-refractivity contribution >= 4 is 11.6 Å². The van der Waals surface area contributed by atoms with Gasteiger partial charge in [0.1, 0.15) is 12.7 Å². The van der Waals surface area contributed by atoms with E-state index in [0.717, 1.165) is 11.4 Å². The van der Waals surface area contributed by atoms with Crippen LogP contribution in [0, 0.1) is 0 Å². The number of carbonyl (C=O) groups is 1. The Bertz CT molecular complexity index is 775. The predicted molar refractivity (Wildman–Crippen MR) is 89.8 cm³/mol. The SMILES string of the molecule is CC(C)c1ccc(C(=O)Nc2ccc(-n3cncn3)cc2)cc1. The maximum absolute atomic E-state index is 12.3. The van der Waals surface area contributed by atoms with Crippen LogP contribution < -0.4 is 5.32 Å². The Balaban J connectivity index is 1.70. The van der Waals surface area contributed by atoms with Crippen LogP contribution in [0.3, 0.4) is 0 Å². The monoisotopic (exact) mass is 306 g/mol. The summed E-state index contributed by atoms with van der Waals surface area (Å²) in [5, 5.41) is 6.96. The smallest absolute Gasteiger partial charge is 0.255 e. The molecule has 0 atom stereocenters. The summed E-state index contributed by atoms with van der Waals surface area (Å²) in [4.78, 5) is 16.2. The highest BCUT2D eigenvalue weighted by molar-refractivity contribution is 6.04. The van der Waals surface area contributed by atoms with Crippen molar-refractivity contribution in [2.75, 3.05) is 5.32 Å². The molecular weight excluding hydrogens is 288 g/mol. The Morgan fingerprint density at radius 1 is 1.04 bits per heavy atom. The van der Waals surface area contributed by atoms with Crippen molar-refractivity contribution in [1.29, 1.82) is 0 Å². The molecule has 5 heteroatoms. The molecule has 0 aliphatic carbocycles. The van der Waals surface area contributed by atoms with Crippen molar-refractivity contribution in [3.63, 3.8) is 0 Å². The molecule has 1 N–H and O–H groups in total. The Morgan fingerprint density at radius 3 is 2.30 bits per heavy atom. The number of carbonyl (C=O) groups excluding carboxylic acids is 1. The maximum atomic E-state index is 12.3. The van der Waals surface area contributed by atoms with E-state index in [1.807, 2.05) is 48.5 Å². The lowest BCUT2D eigenvalue weighted by Gasteiger charge is -2.08. The number of nitrogens with zero attached hydrogens (tertiary/aromatic N) is 3. The highest BCUT2D eigenvalue weighted by Gasteiger charge is 2.07. The van der Waals surface area contributed by atoms with E-state index in [0.29, 0.717) is 11.5 Å². The standard InChI is InChI=1S/C18H18N4O/c1-13(2)14-3-5-15(6-4-14)18(23)21-16-7-9-17(10-8-16)22-12-19-11-20-22/h3-13H,1-2H3,(H,21,23). The lowest BCUT2D eigenvalue weighted by atomic mass is 10.0. The third kappa shape index (κ3) is 3.45. The summed E-state index contributed by atoms with van der Waals surface area (Å²) in [5.74, 6) is 0.338. The number of hydrogen-bond acceptors (Lipinski definition) is 3. The first kappa shape index (κ1) is 15.0. The molecule has 0 unspecified atom stereocenters. The van der Waals surface area contributed by atoms with Gasteiger partial charge in [0.05, 0.1) is 5.69 Å². The van der Waals surface area contributed by atoms with Gasteiger partial charge in [0.25, 0.3) is 5.91 Å². The molecule has 0 aliphatic heterocycles. The first-order valence-corrected chi connectivity index (χ1v) is 7.50. The molecule has 3 aromatic rings. The lowest BCUT2D eigenvalue weighted by Crippen LogP contribution is -2.12. The van der Waals surface area contributed by atoms with Crippen LogP contribution in [-0.2, 0) is 0 Å². The van der Waals surface area contributed by atoms with E-state index >= 15 is 0 Å². The zero-order valence-corrected chi connectivity index (χ0v) is 13.1. The molecule has 0 fully saturated rings. The number of aromatic nitrogens is 3. The quantitative estimate of drug-likeness (QED) is 0.800. The molecule has 0 saturated heterocycles. The molecule has 23 heavy (non-hydrogen) atoms. The second-order valence-electron chi connectivity index (χ2n) is 5.62.